The van der Waals surface area contributed by atoms with Crippen molar-refractivity contribution in [3.63, 3.8) is 0 Å². The number of hydrogen-bond acceptors (Lipinski definition) is 4. The molecule has 0 bridgehead atoms. The maximum absolute atomic E-state index is 5.76. The normalized spacial score (nSPS) is 17.3. The molecule has 19 heavy (non-hydrogen) atoms. The first-order valence-electron chi connectivity index (χ1n) is 6.17. The van der Waals surface area contributed by atoms with E-state index in [1.165, 1.54) is 19.3 Å². The Morgan fingerprint density at radius 2 is 1.74 bits per heavy atom. The van der Waals surface area contributed by atoms with E-state index in [0.29, 0.717) is 13.5 Å². The van der Waals surface area contributed by atoms with Crippen LogP contribution in [0, 0.1) is 0 Å². The minimum absolute atomic E-state index is 0. The Morgan fingerprint density at radius 1 is 1.00 bits per heavy atom. The Hall–Kier alpha value is -0.840. The third-order valence-corrected chi connectivity index (χ3v) is 3.21. The molecule has 108 valence electrons. The van der Waals surface area contributed by atoms with Crippen molar-refractivity contribution in [2.75, 3.05) is 26.6 Å². The zero-order chi connectivity index (χ0) is 11.5. The molecule has 0 saturated carbocycles. The highest BCUT2D eigenvalue weighted by atomic mass is 35.5. The first-order valence-corrected chi connectivity index (χ1v) is 6.17. The summed E-state index contributed by atoms with van der Waals surface area (Å²) in [6.45, 7) is 3.26. The van der Waals surface area contributed by atoms with Gasteiger partial charge < -0.3 is 14.2 Å². The van der Waals surface area contributed by atoms with Crippen LogP contribution in [0.3, 0.4) is 0 Å². The molecule has 0 atom stereocenters. The minimum atomic E-state index is 0. The van der Waals surface area contributed by atoms with E-state index in [2.05, 4.69) is 4.90 Å². The molecule has 2 heterocycles. The summed E-state index contributed by atoms with van der Waals surface area (Å²) in [4.78, 5) is 2.34. The Bertz CT molecular complexity index is 397. The van der Waals surface area contributed by atoms with Gasteiger partial charge in [0.25, 0.3) is 0 Å². The fourth-order valence-corrected chi connectivity index (χ4v) is 2.22. The van der Waals surface area contributed by atoms with Gasteiger partial charge in [0.1, 0.15) is 12.5 Å². The van der Waals surface area contributed by atoms with Crippen LogP contribution in [0.4, 0.5) is 0 Å². The van der Waals surface area contributed by atoms with Gasteiger partial charge in [0.2, 0.25) is 6.79 Å². The fraction of sp³-hybridized carbons (Fsp3) is 0.538. The number of hydrogen-bond donors (Lipinski definition) is 0. The van der Waals surface area contributed by atoms with Crippen LogP contribution in [-0.2, 0) is 0 Å². The Balaban J connectivity index is 0.000000902. The molecule has 1 aromatic carbocycles. The molecule has 1 saturated heterocycles. The van der Waals surface area contributed by atoms with Gasteiger partial charge in [-0.1, -0.05) is 6.42 Å². The average molecular weight is 308 g/mol. The number of nitrogens with zero attached hydrogens (tertiary/aromatic N) is 1. The van der Waals surface area contributed by atoms with Crippen molar-refractivity contribution in [3.8, 4) is 17.2 Å². The van der Waals surface area contributed by atoms with Crippen LogP contribution in [-0.4, -0.2) is 31.5 Å². The van der Waals surface area contributed by atoms with Gasteiger partial charge in [-0.15, -0.1) is 24.8 Å². The molecule has 0 aromatic heterocycles. The monoisotopic (exact) mass is 307 g/mol. The van der Waals surface area contributed by atoms with E-state index in [-0.39, 0.29) is 24.8 Å². The van der Waals surface area contributed by atoms with Gasteiger partial charge in [-0.05, 0) is 25.0 Å². The van der Waals surface area contributed by atoms with Crippen molar-refractivity contribution < 1.29 is 14.2 Å². The third-order valence-electron chi connectivity index (χ3n) is 3.21. The third kappa shape index (κ3) is 4.06. The predicted octanol–water partition coefficient (Wildman–Crippen LogP) is 3.08. The summed E-state index contributed by atoms with van der Waals surface area (Å²) in [6.07, 6.45) is 3.91. The number of piperidine rings is 1. The van der Waals surface area contributed by atoms with Crippen LogP contribution in [0.15, 0.2) is 18.2 Å². The van der Waals surface area contributed by atoms with Gasteiger partial charge in [0.15, 0.2) is 11.5 Å². The number of benzene rings is 1. The van der Waals surface area contributed by atoms with Crippen LogP contribution < -0.4 is 14.2 Å². The lowest BCUT2D eigenvalue weighted by atomic mass is 10.1. The summed E-state index contributed by atoms with van der Waals surface area (Å²) >= 11 is 0. The molecule has 0 unspecified atom stereocenters. The van der Waals surface area contributed by atoms with Crippen molar-refractivity contribution in [1.82, 2.24) is 4.90 Å². The van der Waals surface area contributed by atoms with Crippen LogP contribution in [0.5, 0.6) is 17.2 Å². The van der Waals surface area contributed by atoms with Crippen LogP contribution in [0.2, 0.25) is 0 Å². The van der Waals surface area contributed by atoms with Crippen molar-refractivity contribution in [2.24, 2.45) is 0 Å². The molecule has 3 rings (SSSR count). The van der Waals surface area contributed by atoms with Crippen molar-refractivity contribution in [2.45, 2.75) is 19.3 Å². The van der Waals surface area contributed by atoms with Crippen LogP contribution >= 0.6 is 24.8 Å². The van der Waals surface area contributed by atoms with Gasteiger partial charge in [0, 0.05) is 19.2 Å². The number of likely N-dealkylation sites (tertiary alicyclic amines) is 1. The Labute approximate surface area is 125 Å². The summed E-state index contributed by atoms with van der Waals surface area (Å²) in [5.74, 6) is 2.43. The lowest BCUT2D eigenvalue weighted by Crippen LogP contribution is -2.33. The summed E-state index contributed by atoms with van der Waals surface area (Å²) in [5.41, 5.74) is 0. The molecule has 1 fully saturated rings. The quantitative estimate of drug-likeness (QED) is 0.858. The first-order chi connectivity index (χ1) is 8.42. The maximum Gasteiger partial charge on any atom is 0.231 e. The van der Waals surface area contributed by atoms with Gasteiger partial charge in [0.05, 0.1) is 0 Å². The molecule has 0 radical (unpaired) electrons. The second kappa shape index (κ2) is 7.68. The van der Waals surface area contributed by atoms with Gasteiger partial charge in [-0.2, -0.15) is 0 Å². The zero-order valence-electron chi connectivity index (χ0n) is 10.7. The summed E-state index contributed by atoms with van der Waals surface area (Å²) < 4.78 is 16.3. The van der Waals surface area contributed by atoms with E-state index in [1.54, 1.807) is 0 Å². The first kappa shape index (κ1) is 16.2. The number of fused-ring (bicyclic) bond motifs is 1. The second-order valence-electron chi connectivity index (χ2n) is 4.47. The molecule has 0 spiro atoms. The maximum atomic E-state index is 5.76. The summed E-state index contributed by atoms with van der Waals surface area (Å²) in [7, 11) is 0. The van der Waals surface area contributed by atoms with Crippen molar-refractivity contribution in [1.29, 1.82) is 0 Å². The van der Waals surface area contributed by atoms with Crippen molar-refractivity contribution >= 4 is 24.8 Å². The van der Waals surface area contributed by atoms with Gasteiger partial charge >= 0.3 is 0 Å². The molecule has 0 aliphatic carbocycles. The van der Waals surface area contributed by atoms with Gasteiger partial charge in [-0.3, -0.25) is 4.90 Å². The van der Waals surface area contributed by atoms with Crippen molar-refractivity contribution in [3.05, 3.63) is 18.2 Å². The Kier molecular flexibility index (Phi) is 6.55. The van der Waals surface area contributed by atoms with E-state index in [4.69, 9.17) is 14.2 Å². The molecule has 0 N–H and O–H groups in total. The molecular weight excluding hydrogens is 289 g/mol. The van der Waals surface area contributed by atoms with E-state index >= 15 is 0 Å². The highest BCUT2D eigenvalue weighted by Gasteiger charge is 2.15. The minimum Gasteiger partial charge on any atom is -0.478 e. The fourth-order valence-electron chi connectivity index (χ4n) is 2.22. The summed E-state index contributed by atoms with van der Waals surface area (Å²) in [6, 6.07) is 5.72. The molecule has 0 amide bonds. The number of ether oxygens (including phenoxy) is 3. The number of halogens is 2. The summed E-state index contributed by atoms with van der Waals surface area (Å²) in [5, 5.41) is 0. The molecule has 2 aliphatic heterocycles. The van der Waals surface area contributed by atoms with E-state index in [1.807, 2.05) is 18.2 Å². The largest absolute Gasteiger partial charge is 0.478 e. The van der Waals surface area contributed by atoms with E-state index in [9.17, 15) is 0 Å². The molecule has 4 nitrogen and oxygen atoms in total. The predicted molar refractivity (Wildman–Crippen MR) is 78.0 cm³/mol. The lowest BCUT2D eigenvalue weighted by Gasteiger charge is -2.26. The zero-order valence-corrected chi connectivity index (χ0v) is 12.3. The van der Waals surface area contributed by atoms with Crippen LogP contribution in [0.25, 0.3) is 0 Å². The Morgan fingerprint density at radius 3 is 2.53 bits per heavy atom. The smallest absolute Gasteiger partial charge is 0.231 e. The van der Waals surface area contributed by atoms with E-state index in [0.717, 1.165) is 30.3 Å². The molecule has 2 aliphatic rings. The highest BCUT2D eigenvalue weighted by Crippen LogP contribution is 2.35. The highest BCUT2D eigenvalue weighted by molar-refractivity contribution is 5.85. The van der Waals surface area contributed by atoms with Gasteiger partial charge in [-0.25, -0.2) is 0 Å². The van der Waals surface area contributed by atoms with Crippen LogP contribution in [0.1, 0.15) is 19.3 Å². The lowest BCUT2D eigenvalue weighted by molar-refractivity contribution is 0.106. The standard InChI is InChI=1S/C13H17NO3.2ClH/c1-2-6-14(7-3-1)9-15-11-4-5-12-13(8-11)17-10-16-12;;/h4-5,8H,1-3,6-7,9-10H2;2*1H. The topological polar surface area (TPSA) is 30.9 Å². The second-order valence-corrected chi connectivity index (χ2v) is 4.47. The molecule has 1 aromatic rings. The average Bonchev–Trinajstić information content (AvgIpc) is 2.85. The molecular formula is C13H19Cl2NO3. The SMILES string of the molecule is Cl.Cl.c1cc2c(cc1OCN1CCCCC1)OCO2. The van der Waals surface area contributed by atoms with E-state index < -0.39 is 0 Å². The number of rotatable bonds is 3. The molecule has 6 heteroatoms.